The maximum atomic E-state index is 13.6. The lowest BCUT2D eigenvalue weighted by Gasteiger charge is -2.35. The number of Topliss-reactive ketones (excluding diaryl/α,β-unsaturated/α-hetero) is 1. The van der Waals surface area contributed by atoms with Crippen LogP contribution < -0.4 is 16.0 Å². The van der Waals surface area contributed by atoms with E-state index >= 15 is 0 Å². The Hall–Kier alpha value is -2.86. The second-order valence-electron chi connectivity index (χ2n) is 11.5. The molecule has 38 heavy (non-hydrogen) atoms. The Labute approximate surface area is 227 Å². The lowest BCUT2D eigenvalue weighted by atomic mass is 9.85. The Kier molecular flexibility index (Phi) is 7.29. The van der Waals surface area contributed by atoms with Crippen LogP contribution in [0.25, 0.3) is 11.3 Å². The fourth-order valence-electron chi connectivity index (χ4n) is 5.28. The number of nitrogens with two attached hydrogens (primary N) is 1. The van der Waals surface area contributed by atoms with Crippen LogP contribution in [0.5, 0.6) is 0 Å². The number of carbonyl (C=O) groups is 3. The Bertz CT molecular complexity index is 1200. The number of nitrogens with one attached hydrogen (secondary N) is 1. The van der Waals surface area contributed by atoms with Crippen LogP contribution in [-0.2, 0) is 14.3 Å². The second kappa shape index (κ2) is 10.4. The molecule has 3 saturated heterocycles. The van der Waals surface area contributed by atoms with Gasteiger partial charge in [-0.3, -0.25) is 14.4 Å². The Morgan fingerprint density at radius 3 is 2.50 bits per heavy atom. The van der Waals surface area contributed by atoms with Gasteiger partial charge in [-0.25, -0.2) is 4.98 Å². The van der Waals surface area contributed by atoms with E-state index in [-0.39, 0.29) is 30.7 Å². The third-order valence-corrected chi connectivity index (χ3v) is 8.51. The van der Waals surface area contributed by atoms with Crippen molar-refractivity contribution in [1.29, 1.82) is 0 Å². The normalized spacial score (nSPS) is 25.0. The number of piperazine rings is 1. The molecule has 0 saturated carbocycles. The summed E-state index contributed by atoms with van der Waals surface area (Å²) in [7, 11) is 2.13. The van der Waals surface area contributed by atoms with Gasteiger partial charge in [-0.2, -0.15) is 0 Å². The molecule has 3 aliphatic heterocycles. The first-order valence-electron chi connectivity index (χ1n) is 13.0. The summed E-state index contributed by atoms with van der Waals surface area (Å²) in [6, 6.07) is 5.31. The fourth-order valence-corrected chi connectivity index (χ4v) is 6.17. The monoisotopic (exact) mass is 540 g/mol. The molecule has 5 rings (SSSR count). The molecular formula is C27H36N6O4S. The zero-order chi connectivity index (χ0) is 27.2. The summed E-state index contributed by atoms with van der Waals surface area (Å²) in [5.41, 5.74) is 7.82. The van der Waals surface area contributed by atoms with Crippen LogP contribution in [0.2, 0.25) is 0 Å². The van der Waals surface area contributed by atoms with Crippen LogP contribution in [0.4, 0.5) is 5.13 Å². The highest BCUT2D eigenvalue weighted by Crippen LogP contribution is 2.31. The zero-order valence-electron chi connectivity index (χ0n) is 22.3. The highest BCUT2D eigenvalue weighted by atomic mass is 32.1. The first-order valence-corrected chi connectivity index (χ1v) is 13.9. The molecule has 2 aromatic rings. The van der Waals surface area contributed by atoms with E-state index in [1.807, 2.05) is 38.3 Å². The first kappa shape index (κ1) is 26.7. The molecule has 0 unspecified atom stereocenters. The van der Waals surface area contributed by atoms with Crippen molar-refractivity contribution in [3.63, 3.8) is 0 Å². The van der Waals surface area contributed by atoms with Crippen molar-refractivity contribution >= 4 is 34.1 Å². The minimum Gasteiger partial charge on any atom is -0.366 e. The largest absolute Gasteiger partial charge is 0.366 e. The van der Waals surface area contributed by atoms with Gasteiger partial charge >= 0.3 is 0 Å². The summed E-state index contributed by atoms with van der Waals surface area (Å²) >= 11 is 1.63. The topological polar surface area (TPSA) is 121 Å². The van der Waals surface area contributed by atoms with Crippen molar-refractivity contribution in [2.45, 2.75) is 45.0 Å². The highest BCUT2D eigenvalue weighted by molar-refractivity contribution is 7.14. The zero-order valence-corrected chi connectivity index (χ0v) is 23.2. The van der Waals surface area contributed by atoms with Gasteiger partial charge in [-0.1, -0.05) is 32.9 Å². The van der Waals surface area contributed by atoms with Crippen LogP contribution in [0, 0.1) is 5.41 Å². The predicted molar refractivity (Wildman–Crippen MR) is 146 cm³/mol. The average molecular weight is 541 g/mol. The number of amides is 2. The number of thiazole rings is 1. The third kappa shape index (κ3) is 5.20. The molecule has 3 fully saturated rings. The summed E-state index contributed by atoms with van der Waals surface area (Å²) in [5.74, 6) is -0.817. The molecular weight excluding hydrogens is 504 g/mol. The van der Waals surface area contributed by atoms with E-state index in [2.05, 4.69) is 22.2 Å². The number of rotatable bonds is 5. The molecule has 4 atom stereocenters. The first-order chi connectivity index (χ1) is 18.0. The van der Waals surface area contributed by atoms with E-state index in [4.69, 9.17) is 15.5 Å². The van der Waals surface area contributed by atoms with Crippen LogP contribution in [-0.4, -0.2) is 103 Å². The molecule has 4 heterocycles. The fraction of sp³-hybridized carbons (Fsp3) is 0.556. The number of carbonyl (C=O) groups excluding carboxylic acids is 3. The van der Waals surface area contributed by atoms with Crippen molar-refractivity contribution in [3.05, 3.63) is 35.2 Å². The van der Waals surface area contributed by atoms with Gasteiger partial charge in [0.05, 0.1) is 11.7 Å². The molecule has 11 heteroatoms. The number of hydrogen-bond donors (Lipinski definition) is 2. The average Bonchev–Trinajstić information content (AvgIpc) is 3.60. The molecule has 3 aliphatic rings. The van der Waals surface area contributed by atoms with Crippen LogP contribution in [0.1, 0.15) is 31.1 Å². The molecule has 3 N–H and O–H groups in total. The lowest BCUT2D eigenvalue weighted by molar-refractivity contribution is -0.140. The van der Waals surface area contributed by atoms with Gasteiger partial charge in [0, 0.05) is 49.2 Å². The molecule has 2 amide bonds. The minimum absolute atomic E-state index is 0.0401. The van der Waals surface area contributed by atoms with Crippen molar-refractivity contribution in [2.24, 2.45) is 11.1 Å². The summed E-state index contributed by atoms with van der Waals surface area (Å²) in [4.78, 5) is 50.2. The highest BCUT2D eigenvalue weighted by Gasteiger charge is 2.53. The molecule has 204 valence electrons. The van der Waals surface area contributed by atoms with E-state index in [9.17, 15) is 14.4 Å². The van der Waals surface area contributed by atoms with Crippen LogP contribution >= 0.6 is 11.3 Å². The number of nitrogens with zero attached hydrogens (tertiary/aromatic N) is 4. The Balaban J connectivity index is 1.28. The molecule has 0 aliphatic carbocycles. The van der Waals surface area contributed by atoms with E-state index in [0.717, 1.165) is 42.6 Å². The van der Waals surface area contributed by atoms with Gasteiger partial charge in [0.15, 0.2) is 10.9 Å². The summed E-state index contributed by atoms with van der Waals surface area (Å²) < 4.78 is 5.52. The molecule has 1 aromatic heterocycles. The SMILES string of the molecule is CN1CCN(c2nc(-c3ccc(C(=O)N[C@H](C(=O)N4C[C@@H](N)[C@H]5OCC(=O)[C@H]54)C(C)(C)C)cc3)cs2)CC1. The number of aromatic nitrogens is 1. The maximum Gasteiger partial charge on any atom is 0.251 e. The third-order valence-electron chi connectivity index (χ3n) is 7.60. The Morgan fingerprint density at radius 1 is 1.16 bits per heavy atom. The predicted octanol–water partition coefficient (Wildman–Crippen LogP) is 1.21. The number of ether oxygens (including phenoxy) is 1. The standard InChI is InChI=1S/C27H36N6O4S/c1-27(2,3)23(25(36)33-13-18(28)22-21(33)20(34)14-37-22)30-24(35)17-7-5-16(6-8-17)19-15-38-26(29-19)32-11-9-31(4)10-12-32/h5-8,15,18,21-23H,9-14,28H2,1-4H3,(H,30,35)/t18-,21-,22-,23-/m1/s1. The van der Waals surface area contributed by atoms with E-state index in [1.165, 1.54) is 4.90 Å². The van der Waals surface area contributed by atoms with E-state index in [1.54, 1.807) is 23.5 Å². The Morgan fingerprint density at radius 2 is 1.84 bits per heavy atom. The van der Waals surface area contributed by atoms with Gasteiger partial charge in [0.1, 0.15) is 24.8 Å². The molecule has 10 nitrogen and oxygen atoms in total. The van der Waals surface area contributed by atoms with Crippen LogP contribution in [0.15, 0.2) is 29.6 Å². The minimum atomic E-state index is -0.835. The summed E-state index contributed by atoms with van der Waals surface area (Å²) in [5, 5.41) is 5.97. The summed E-state index contributed by atoms with van der Waals surface area (Å²) in [6.07, 6.45) is -0.488. The lowest BCUT2D eigenvalue weighted by Crippen LogP contribution is -2.57. The van der Waals surface area contributed by atoms with Crippen molar-refractivity contribution < 1.29 is 19.1 Å². The molecule has 0 radical (unpaired) electrons. The van der Waals surface area contributed by atoms with Crippen molar-refractivity contribution in [2.75, 3.05) is 51.3 Å². The van der Waals surface area contributed by atoms with E-state index in [0.29, 0.717) is 5.56 Å². The number of benzene rings is 1. The number of hydrogen-bond acceptors (Lipinski definition) is 9. The van der Waals surface area contributed by atoms with Crippen LogP contribution in [0.3, 0.4) is 0 Å². The molecule has 0 spiro atoms. The number of ketones is 1. The van der Waals surface area contributed by atoms with Gasteiger partial charge in [-0.15, -0.1) is 11.3 Å². The van der Waals surface area contributed by atoms with Crippen molar-refractivity contribution in [1.82, 2.24) is 20.1 Å². The van der Waals surface area contributed by atoms with Gasteiger partial charge in [-0.05, 0) is 24.6 Å². The maximum absolute atomic E-state index is 13.6. The van der Waals surface area contributed by atoms with E-state index < -0.39 is 29.6 Å². The summed E-state index contributed by atoms with van der Waals surface area (Å²) in [6.45, 7) is 9.81. The van der Waals surface area contributed by atoms with Gasteiger partial charge in [0.25, 0.3) is 5.91 Å². The van der Waals surface area contributed by atoms with Gasteiger partial charge in [0.2, 0.25) is 5.91 Å². The number of likely N-dealkylation sites (N-methyl/N-ethyl adjacent to an activating group) is 1. The molecule has 1 aromatic carbocycles. The number of fused-ring (bicyclic) bond motifs is 1. The second-order valence-corrected chi connectivity index (χ2v) is 12.3. The smallest absolute Gasteiger partial charge is 0.251 e. The van der Waals surface area contributed by atoms with Crippen molar-refractivity contribution in [3.8, 4) is 11.3 Å². The molecule has 0 bridgehead atoms. The quantitative estimate of drug-likeness (QED) is 0.581. The van der Waals surface area contributed by atoms with Gasteiger partial charge < -0.3 is 30.5 Å². The number of likely N-dealkylation sites (tertiary alicyclic amines) is 1. The number of anilines is 1.